The number of hydrogen-bond acceptors (Lipinski definition) is 0. The lowest BCUT2D eigenvalue weighted by molar-refractivity contribution is 0.590. The molecule has 1 heteroatoms. The first-order valence-corrected chi connectivity index (χ1v) is 6.63. The van der Waals surface area contributed by atoms with Gasteiger partial charge in [-0.3, -0.25) is 0 Å². The van der Waals surface area contributed by atoms with Crippen LogP contribution in [0.25, 0.3) is 11.1 Å². The number of halogens is 1. The van der Waals surface area contributed by atoms with Gasteiger partial charge in [-0.25, -0.2) is 0 Å². The van der Waals surface area contributed by atoms with Crippen molar-refractivity contribution in [1.29, 1.82) is 0 Å². The molecule has 0 atom stereocenters. The fourth-order valence-electron chi connectivity index (χ4n) is 1.83. The average Bonchev–Trinajstić information content (AvgIpc) is 2.29. The fraction of sp³-hybridized carbons (Fsp3) is 0.250. The predicted molar refractivity (Wildman–Crippen MR) is 78.3 cm³/mol. The van der Waals surface area contributed by atoms with Gasteiger partial charge in [0.1, 0.15) is 0 Å². The second-order valence-electron chi connectivity index (χ2n) is 5.31. The molecule has 0 heterocycles. The van der Waals surface area contributed by atoms with Gasteiger partial charge in [0, 0.05) is 4.47 Å². The SMILES string of the molecule is CC(C)(C)c1ccc(Br)c(-c2ccccc2)c1. The van der Waals surface area contributed by atoms with Gasteiger partial charge >= 0.3 is 0 Å². The zero-order valence-corrected chi connectivity index (χ0v) is 12.1. The van der Waals surface area contributed by atoms with Crippen molar-refractivity contribution in [3.05, 3.63) is 58.6 Å². The minimum atomic E-state index is 0.185. The van der Waals surface area contributed by atoms with E-state index in [1.54, 1.807) is 0 Å². The van der Waals surface area contributed by atoms with Crippen LogP contribution in [0.3, 0.4) is 0 Å². The summed E-state index contributed by atoms with van der Waals surface area (Å²) < 4.78 is 1.15. The van der Waals surface area contributed by atoms with Crippen molar-refractivity contribution in [2.24, 2.45) is 0 Å². The summed E-state index contributed by atoms with van der Waals surface area (Å²) in [5.41, 5.74) is 4.06. The van der Waals surface area contributed by atoms with Gasteiger partial charge in [0.2, 0.25) is 0 Å². The minimum Gasteiger partial charge on any atom is -0.0622 e. The molecule has 0 aliphatic heterocycles. The molecule has 0 radical (unpaired) electrons. The van der Waals surface area contributed by atoms with Crippen molar-refractivity contribution in [2.75, 3.05) is 0 Å². The Morgan fingerprint density at radius 2 is 1.53 bits per heavy atom. The Balaban J connectivity index is 2.55. The van der Waals surface area contributed by atoms with Gasteiger partial charge in [-0.1, -0.05) is 73.1 Å². The van der Waals surface area contributed by atoms with Crippen molar-refractivity contribution in [3.63, 3.8) is 0 Å². The first-order chi connectivity index (χ1) is 7.98. The monoisotopic (exact) mass is 288 g/mol. The average molecular weight is 289 g/mol. The molecule has 0 aliphatic carbocycles. The van der Waals surface area contributed by atoms with E-state index in [4.69, 9.17) is 0 Å². The van der Waals surface area contributed by atoms with E-state index in [-0.39, 0.29) is 5.41 Å². The van der Waals surface area contributed by atoms with Crippen LogP contribution in [0.1, 0.15) is 26.3 Å². The van der Waals surface area contributed by atoms with Crippen LogP contribution >= 0.6 is 15.9 Å². The Bertz CT molecular complexity index is 507. The van der Waals surface area contributed by atoms with E-state index in [0.29, 0.717) is 0 Å². The lowest BCUT2D eigenvalue weighted by Crippen LogP contribution is -2.10. The molecular formula is C16H17Br. The van der Waals surface area contributed by atoms with Crippen LogP contribution < -0.4 is 0 Å². The third-order valence-corrected chi connectivity index (χ3v) is 3.61. The highest BCUT2D eigenvalue weighted by atomic mass is 79.9. The first-order valence-electron chi connectivity index (χ1n) is 5.84. The van der Waals surface area contributed by atoms with Gasteiger partial charge in [-0.15, -0.1) is 0 Å². The highest BCUT2D eigenvalue weighted by Gasteiger charge is 2.15. The molecule has 2 aromatic carbocycles. The van der Waals surface area contributed by atoms with Gasteiger partial charge in [-0.2, -0.15) is 0 Å². The van der Waals surface area contributed by atoms with Crippen molar-refractivity contribution in [1.82, 2.24) is 0 Å². The lowest BCUT2D eigenvalue weighted by atomic mass is 9.85. The summed E-state index contributed by atoms with van der Waals surface area (Å²) in [7, 11) is 0. The van der Waals surface area contributed by atoms with Gasteiger partial charge in [0.15, 0.2) is 0 Å². The Morgan fingerprint density at radius 3 is 2.12 bits per heavy atom. The maximum absolute atomic E-state index is 3.63. The van der Waals surface area contributed by atoms with E-state index in [1.165, 1.54) is 16.7 Å². The van der Waals surface area contributed by atoms with E-state index in [2.05, 4.69) is 79.2 Å². The smallest absolute Gasteiger partial charge is 0.0253 e. The maximum atomic E-state index is 3.63. The molecule has 0 N–H and O–H groups in total. The maximum Gasteiger partial charge on any atom is 0.0253 e. The quantitative estimate of drug-likeness (QED) is 0.658. The van der Waals surface area contributed by atoms with E-state index < -0.39 is 0 Å². The highest BCUT2D eigenvalue weighted by molar-refractivity contribution is 9.10. The standard InChI is InChI=1S/C16H17Br/c1-16(2,3)13-9-10-15(17)14(11-13)12-7-5-4-6-8-12/h4-11H,1-3H3. The van der Waals surface area contributed by atoms with Crippen molar-refractivity contribution in [3.8, 4) is 11.1 Å². The largest absolute Gasteiger partial charge is 0.0622 e. The second kappa shape index (κ2) is 4.66. The van der Waals surface area contributed by atoms with Crippen molar-refractivity contribution in [2.45, 2.75) is 26.2 Å². The Morgan fingerprint density at radius 1 is 0.882 bits per heavy atom. The third kappa shape index (κ3) is 2.78. The van der Waals surface area contributed by atoms with Gasteiger partial charge in [0.25, 0.3) is 0 Å². The molecule has 2 aromatic rings. The second-order valence-corrected chi connectivity index (χ2v) is 6.16. The van der Waals surface area contributed by atoms with Crippen LogP contribution in [0.15, 0.2) is 53.0 Å². The van der Waals surface area contributed by atoms with Crippen LogP contribution in [0, 0.1) is 0 Å². The zero-order chi connectivity index (χ0) is 12.5. The van der Waals surface area contributed by atoms with E-state index in [9.17, 15) is 0 Å². The molecule has 0 fully saturated rings. The van der Waals surface area contributed by atoms with Crippen LogP contribution in [0.4, 0.5) is 0 Å². The van der Waals surface area contributed by atoms with Gasteiger partial charge in [0.05, 0.1) is 0 Å². The molecule has 0 unspecified atom stereocenters. The number of benzene rings is 2. The molecule has 0 bridgehead atoms. The van der Waals surface area contributed by atoms with Crippen LogP contribution in [0.5, 0.6) is 0 Å². The highest BCUT2D eigenvalue weighted by Crippen LogP contribution is 2.33. The molecule has 0 nitrogen and oxygen atoms in total. The lowest BCUT2D eigenvalue weighted by Gasteiger charge is -2.20. The molecule has 17 heavy (non-hydrogen) atoms. The Hall–Kier alpha value is -1.08. The van der Waals surface area contributed by atoms with Crippen LogP contribution in [-0.4, -0.2) is 0 Å². The van der Waals surface area contributed by atoms with Crippen molar-refractivity contribution < 1.29 is 0 Å². The molecule has 0 amide bonds. The molecule has 2 rings (SSSR count). The summed E-state index contributed by atoms with van der Waals surface area (Å²) >= 11 is 3.63. The van der Waals surface area contributed by atoms with E-state index in [1.807, 2.05) is 6.07 Å². The molecule has 88 valence electrons. The number of hydrogen-bond donors (Lipinski definition) is 0. The third-order valence-electron chi connectivity index (χ3n) is 2.92. The summed E-state index contributed by atoms with van der Waals surface area (Å²) in [6.07, 6.45) is 0. The molecule has 0 spiro atoms. The molecule has 0 saturated heterocycles. The molecule has 0 aliphatic rings. The van der Waals surface area contributed by atoms with Gasteiger partial charge in [-0.05, 0) is 34.2 Å². The Labute approximate surface area is 112 Å². The topological polar surface area (TPSA) is 0 Å². The summed E-state index contributed by atoms with van der Waals surface area (Å²) in [5, 5.41) is 0. The summed E-state index contributed by atoms with van der Waals surface area (Å²) in [5.74, 6) is 0. The van der Waals surface area contributed by atoms with Crippen LogP contribution in [-0.2, 0) is 5.41 Å². The molecule has 0 aromatic heterocycles. The number of rotatable bonds is 1. The van der Waals surface area contributed by atoms with E-state index in [0.717, 1.165) is 4.47 Å². The fourth-order valence-corrected chi connectivity index (χ4v) is 2.31. The summed E-state index contributed by atoms with van der Waals surface area (Å²) in [6.45, 7) is 6.72. The minimum absolute atomic E-state index is 0.185. The normalized spacial score (nSPS) is 11.5. The predicted octanol–water partition coefficient (Wildman–Crippen LogP) is 5.41. The first kappa shape index (κ1) is 12.4. The zero-order valence-electron chi connectivity index (χ0n) is 10.5. The molecular weight excluding hydrogens is 272 g/mol. The Kier molecular flexibility index (Phi) is 3.39. The van der Waals surface area contributed by atoms with Crippen molar-refractivity contribution >= 4 is 15.9 Å². The van der Waals surface area contributed by atoms with E-state index >= 15 is 0 Å². The van der Waals surface area contributed by atoms with Crippen LogP contribution in [0.2, 0.25) is 0 Å². The summed E-state index contributed by atoms with van der Waals surface area (Å²) in [4.78, 5) is 0. The molecule has 0 saturated carbocycles. The summed E-state index contributed by atoms with van der Waals surface area (Å²) in [6, 6.07) is 17.1. The van der Waals surface area contributed by atoms with Gasteiger partial charge < -0.3 is 0 Å².